The molecule has 6 heteroatoms. The third-order valence-corrected chi connectivity index (χ3v) is 5.96. The molecule has 0 N–H and O–H groups in total. The van der Waals surface area contributed by atoms with Crippen LogP contribution in [0.3, 0.4) is 0 Å². The van der Waals surface area contributed by atoms with Gasteiger partial charge in [0.05, 0.1) is 13.2 Å². The molecule has 6 nitrogen and oxygen atoms in total. The van der Waals surface area contributed by atoms with E-state index in [0.717, 1.165) is 42.9 Å². The number of carbonyl (C=O) groups excluding carboxylic acids is 2. The Hall–Kier alpha value is -2.24. The normalized spacial score (nSPS) is 17.5. The Kier molecular flexibility index (Phi) is 6.94. The number of carbonyl (C=O) groups is 2. The molecule has 0 aliphatic carbocycles. The lowest BCUT2D eigenvalue weighted by Crippen LogP contribution is -2.48. The van der Waals surface area contributed by atoms with Crippen molar-refractivity contribution >= 4 is 11.8 Å². The highest BCUT2D eigenvalue weighted by Crippen LogP contribution is 2.35. The van der Waals surface area contributed by atoms with Gasteiger partial charge in [0.1, 0.15) is 0 Å². The van der Waals surface area contributed by atoms with Crippen molar-refractivity contribution in [2.75, 3.05) is 32.8 Å². The van der Waals surface area contributed by atoms with Crippen LogP contribution in [0.5, 0.6) is 11.5 Å². The van der Waals surface area contributed by atoms with Crippen LogP contribution < -0.4 is 9.47 Å². The summed E-state index contributed by atoms with van der Waals surface area (Å²) in [6.07, 6.45) is 2.32. The minimum absolute atomic E-state index is 0.00429. The van der Waals surface area contributed by atoms with Gasteiger partial charge >= 0.3 is 0 Å². The molecule has 1 aromatic rings. The van der Waals surface area contributed by atoms with Crippen LogP contribution in [0.25, 0.3) is 0 Å². The van der Waals surface area contributed by atoms with Gasteiger partial charge in [-0.25, -0.2) is 0 Å². The monoisotopic (exact) mass is 416 g/mol. The Morgan fingerprint density at radius 1 is 0.933 bits per heavy atom. The average molecular weight is 417 g/mol. The van der Waals surface area contributed by atoms with Crippen molar-refractivity contribution < 1.29 is 19.1 Å². The third kappa shape index (κ3) is 4.90. The number of fused-ring (bicyclic) bond motifs is 1. The molecule has 0 atom stereocenters. The summed E-state index contributed by atoms with van der Waals surface area (Å²) in [7, 11) is 0. The Bertz CT molecular complexity index is 776. The molecule has 1 fully saturated rings. The van der Waals surface area contributed by atoms with E-state index in [0.29, 0.717) is 32.8 Å². The van der Waals surface area contributed by atoms with Gasteiger partial charge in [0.25, 0.3) is 0 Å². The third-order valence-electron chi connectivity index (χ3n) is 5.96. The number of nitrogens with zero attached hydrogens (tertiary/aromatic N) is 2. The van der Waals surface area contributed by atoms with E-state index in [-0.39, 0.29) is 23.1 Å². The second kappa shape index (κ2) is 9.27. The van der Waals surface area contributed by atoms with Crippen LogP contribution in [-0.2, 0) is 22.6 Å². The molecular formula is C24H36N2O4. The number of hydrogen-bond acceptors (Lipinski definition) is 4. The Morgan fingerprint density at radius 2 is 1.50 bits per heavy atom. The number of hydrogen-bond donors (Lipinski definition) is 0. The van der Waals surface area contributed by atoms with E-state index in [1.54, 1.807) is 0 Å². The fourth-order valence-electron chi connectivity index (χ4n) is 4.35. The highest BCUT2D eigenvalue weighted by molar-refractivity contribution is 5.83. The maximum Gasteiger partial charge on any atom is 0.227 e. The lowest BCUT2D eigenvalue weighted by Gasteiger charge is -2.38. The second-order valence-electron chi connectivity index (χ2n) is 9.26. The van der Waals surface area contributed by atoms with Gasteiger partial charge in [0.15, 0.2) is 11.5 Å². The Morgan fingerprint density at radius 3 is 2.03 bits per heavy atom. The number of amides is 2. The topological polar surface area (TPSA) is 59.1 Å². The van der Waals surface area contributed by atoms with Crippen molar-refractivity contribution in [3.8, 4) is 11.5 Å². The van der Waals surface area contributed by atoms with E-state index in [2.05, 4.69) is 6.07 Å². The smallest absolute Gasteiger partial charge is 0.227 e. The van der Waals surface area contributed by atoms with Gasteiger partial charge in [-0.15, -0.1) is 0 Å². The molecule has 30 heavy (non-hydrogen) atoms. The number of rotatable bonds is 5. The lowest BCUT2D eigenvalue weighted by molar-refractivity contribution is -0.145. The summed E-state index contributed by atoms with van der Waals surface area (Å²) in [6.45, 7) is 13.6. The summed E-state index contributed by atoms with van der Waals surface area (Å²) < 4.78 is 11.5. The Balaban J connectivity index is 1.65. The fraction of sp³-hybridized carbons (Fsp3) is 0.667. The number of likely N-dealkylation sites (tertiary alicyclic amines) is 1. The summed E-state index contributed by atoms with van der Waals surface area (Å²) in [4.78, 5) is 29.6. The quantitative estimate of drug-likeness (QED) is 0.735. The molecule has 2 aliphatic heterocycles. The molecule has 3 rings (SSSR count). The van der Waals surface area contributed by atoms with Crippen LogP contribution in [0.1, 0.15) is 58.6 Å². The highest BCUT2D eigenvalue weighted by atomic mass is 16.5. The lowest BCUT2D eigenvalue weighted by atomic mass is 9.90. The van der Waals surface area contributed by atoms with Crippen LogP contribution in [0.15, 0.2) is 12.1 Å². The van der Waals surface area contributed by atoms with E-state index in [4.69, 9.17) is 9.47 Å². The minimum atomic E-state index is -0.369. The zero-order valence-electron chi connectivity index (χ0n) is 19.1. The predicted molar refractivity (Wildman–Crippen MR) is 117 cm³/mol. The average Bonchev–Trinajstić information content (AvgIpc) is 2.72. The molecule has 2 aliphatic rings. The van der Waals surface area contributed by atoms with E-state index < -0.39 is 0 Å². The first kappa shape index (κ1) is 22.4. The van der Waals surface area contributed by atoms with E-state index >= 15 is 0 Å². The van der Waals surface area contributed by atoms with Gasteiger partial charge in [-0.1, -0.05) is 20.8 Å². The second-order valence-corrected chi connectivity index (χ2v) is 9.26. The molecular weight excluding hydrogens is 380 g/mol. The fourth-order valence-corrected chi connectivity index (χ4v) is 4.35. The first-order chi connectivity index (χ1) is 14.2. The van der Waals surface area contributed by atoms with Crippen LogP contribution >= 0.6 is 0 Å². The molecule has 2 amide bonds. The van der Waals surface area contributed by atoms with E-state index in [1.165, 1.54) is 5.56 Å². The van der Waals surface area contributed by atoms with Crippen LogP contribution in [0.2, 0.25) is 0 Å². The number of ether oxygens (including phenoxy) is 2. The molecule has 0 spiro atoms. The van der Waals surface area contributed by atoms with Crippen molar-refractivity contribution in [3.63, 3.8) is 0 Å². The summed E-state index contributed by atoms with van der Waals surface area (Å²) in [5, 5.41) is 0. The zero-order valence-corrected chi connectivity index (χ0v) is 19.1. The first-order valence-electron chi connectivity index (χ1n) is 11.2. The van der Waals surface area contributed by atoms with Gasteiger partial charge in [0, 0.05) is 37.5 Å². The highest BCUT2D eigenvalue weighted by Gasteiger charge is 2.34. The molecule has 0 radical (unpaired) electrons. The largest absolute Gasteiger partial charge is 0.490 e. The summed E-state index contributed by atoms with van der Waals surface area (Å²) >= 11 is 0. The van der Waals surface area contributed by atoms with Crippen molar-refractivity contribution in [2.45, 2.75) is 60.4 Å². The van der Waals surface area contributed by atoms with Crippen molar-refractivity contribution in [1.82, 2.24) is 9.80 Å². The first-order valence-corrected chi connectivity index (χ1v) is 11.2. The van der Waals surface area contributed by atoms with Crippen molar-refractivity contribution in [2.24, 2.45) is 11.3 Å². The summed E-state index contributed by atoms with van der Waals surface area (Å²) in [5.74, 6) is 1.93. The van der Waals surface area contributed by atoms with Crippen LogP contribution in [0, 0.1) is 11.3 Å². The van der Waals surface area contributed by atoms with Gasteiger partial charge in [-0.2, -0.15) is 0 Å². The standard InChI is InChI=1S/C24H36N2O4/c1-6-29-20-14-18-10-13-26(16-19(18)15-21(20)30-7-2)22(27)17-8-11-25(12-9-17)23(28)24(3,4)5/h14-15,17H,6-13,16H2,1-5H3. The Labute approximate surface area is 180 Å². The van der Waals surface area contributed by atoms with Crippen molar-refractivity contribution in [1.29, 1.82) is 0 Å². The van der Waals surface area contributed by atoms with Gasteiger partial charge in [-0.05, 0) is 56.4 Å². The summed E-state index contributed by atoms with van der Waals surface area (Å²) in [6, 6.07) is 4.11. The van der Waals surface area contributed by atoms with Gasteiger partial charge in [0.2, 0.25) is 11.8 Å². The molecule has 0 aromatic heterocycles. The minimum Gasteiger partial charge on any atom is -0.490 e. The van der Waals surface area contributed by atoms with Gasteiger partial charge in [-0.3, -0.25) is 9.59 Å². The molecule has 1 saturated heterocycles. The van der Waals surface area contributed by atoms with Gasteiger partial charge < -0.3 is 19.3 Å². The van der Waals surface area contributed by atoms with Crippen molar-refractivity contribution in [3.05, 3.63) is 23.3 Å². The van der Waals surface area contributed by atoms with Crippen LogP contribution in [-0.4, -0.2) is 54.5 Å². The molecule has 2 heterocycles. The SMILES string of the molecule is CCOc1cc2c(cc1OCC)CN(C(=O)C1CCN(C(=O)C(C)(C)C)CC1)CC2. The summed E-state index contributed by atoms with van der Waals surface area (Å²) in [5.41, 5.74) is 2.00. The van der Waals surface area contributed by atoms with Crippen LogP contribution in [0.4, 0.5) is 0 Å². The molecule has 0 bridgehead atoms. The van der Waals surface area contributed by atoms with E-state index in [1.807, 2.05) is 50.5 Å². The van der Waals surface area contributed by atoms with E-state index in [9.17, 15) is 9.59 Å². The molecule has 166 valence electrons. The molecule has 0 unspecified atom stereocenters. The predicted octanol–water partition coefficient (Wildman–Crippen LogP) is 3.65. The number of benzene rings is 1. The maximum atomic E-state index is 13.2. The molecule has 1 aromatic carbocycles. The number of piperidine rings is 1. The molecule has 0 saturated carbocycles. The zero-order chi connectivity index (χ0) is 21.9. The maximum absolute atomic E-state index is 13.2.